The maximum Gasteiger partial charge on any atom is 0.265 e. The fraction of sp³-hybridized carbons (Fsp3) is 0.409. The number of morpholine rings is 1. The van der Waals surface area contributed by atoms with Crippen LogP contribution in [0.3, 0.4) is 0 Å². The second kappa shape index (κ2) is 9.16. The van der Waals surface area contributed by atoms with Crippen LogP contribution in [0.2, 0.25) is 0 Å². The van der Waals surface area contributed by atoms with Crippen molar-refractivity contribution in [1.29, 1.82) is 0 Å². The van der Waals surface area contributed by atoms with Crippen molar-refractivity contribution in [1.82, 2.24) is 4.31 Å². The third kappa shape index (κ3) is 5.00. The highest BCUT2D eigenvalue weighted by Gasteiger charge is 2.26. The number of anilines is 1. The van der Waals surface area contributed by atoms with Gasteiger partial charge in [0.2, 0.25) is 10.0 Å². The lowest BCUT2D eigenvalue weighted by Gasteiger charge is -2.26. The molecule has 0 spiro atoms. The first-order chi connectivity index (χ1) is 14.2. The number of benzene rings is 2. The van der Waals surface area contributed by atoms with Gasteiger partial charge in [0.25, 0.3) is 5.91 Å². The number of aryl methyl sites for hydroxylation is 2. The number of hydrogen-bond acceptors (Lipinski definition) is 5. The average Bonchev–Trinajstić information content (AvgIpc) is 2.72. The summed E-state index contributed by atoms with van der Waals surface area (Å²) < 4.78 is 37.9. The topological polar surface area (TPSA) is 84.9 Å². The van der Waals surface area contributed by atoms with E-state index in [1.807, 2.05) is 26.8 Å². The van der Waals surface area contributed by atoms with E-state index < -0.39 is 16.1 Å². The zero-order valence-corrected chi connectivity index (χ0v) is 18.6. The Morgan fingerprint density at radius 1 is 1.10 bits per heavy atom. The zero-order valence-electron chi connectivity index (χ0n) is 17.8. The first-order valence-electron chi connectivity index (χ1n) is 9.92. The number of carbonyl (C=O) groups is 1. The van der Waals surface area contributed by atoms with Crippen molar-refractivity contribution < 1.29 is 22.7 Å². The molecule has 1 saturated heterocycles. The summed E-state index contributed by atoms with van der Waals surface area (Å²) in [7, 11) is -3.56. The Kier molecular flexibility index (Phi) is 6.80. The van der Waals surface area contributed by atoms with Crippen molar-refractivity contribution >= 4 is 21.6 Å². The Bertz CT molecular complexity index is 1010. The molecule has 3 rings (SSSR count). The predicted molar refractivity (Wildman–Crippen MR) is 115 cm³/mol. The fourth-order valence-electron chi connectivity index (χ4n) is 3.26. The predicted octanol–water partition coefficient (Wildman–Crippen LogP) is 3.04. The molecule has 162 valence electrons. The SMILES string of the molecule is Cc1cc(C)c(C)c(O[C@H](C)C(=O)Nc2ccc(S(=O)(=O)N3CCOCC3)cc2)c1. The van der Waals surface area contributed by atoms with Gasteiger partial charge in [0.05, 0.1) is 18.1 Å². The minimum absolute atomic E-state index is 0.192. The molecule has 8 heteroatoms. The van der Waals surface area contributed by atoms with Gasteiger partial charge >= 0.3 is 0 Å². The van der Waals surface area contributed by atoms with Gasteiger partial charge in [-0.25, -0.2) is 8.42 Å². The standard InChI is InChI=1S/C22H28N2O5S/c1-15-13-16(2)17(3)21(14-15)29-18(4)22(25)23-19-5-7-20(8-6-19)30(26,27)24-9-11-28-12-10-24/h5-8,13-14,18H,9-12H2,1-4H3,(H,23,25)/t18-/m1/s1. The van der Waals surface area contributed by atoms with Gasteiger partial charge in [-0.3, -0.25) is 4.79 Å². The van der Waals surface area contributed by atoms with Gasteiger partial charge in [-0.05, 0) is 74.7 Å². The van der Waals surface area contributed by atoms with Crippen molar-refractivity contribution in [2.24, 2.45) is 0 Å². The number of nitrogens with one attached hydrogen (secondary N) is 1. The van der Waals surface area contributed by atoms with Crippen LogP contribution in [0.4, 0.5) is 5.69 Å². The molecule has 2 aromatic carbocycles. The molecule has 0 radical (unpaired) electrons. The molecule has 1 atom stereocenters. The maximum absolute atomic E-state index is 12.7. The molecular weight excluding hydrogens is 404 g/mol. The van der Waals surface area contributed by atoms with E-state index in [1.165, 1.54) is 16.4 Å². The highest BCUT2D eigenvalue weighted by molar-refractivity contribution is 7.89. The smallest absolute Gasteiger partial charge is 0.265 e. The van der Waals surface area contributed by atoms with Crippen LogP contribution in [0.5, 0.6) is 5.75 Å². The molecule has 0 unspecified atom stereocenters. The Hall–Kier alpha value is -2.42. The molecule has 0 saturated carbocycles. The van der Waals surface area contributed by atoms with Gasteiger partial charge in [0.1, 0.15) is 5.75 Å². The lowest BCUT2D eigenvalue weighted by atomic mass is 10.1. The molecule has 1 aliphatic rings. The highest BCUT2D eigenvalue weighted by Crippen LogP contribution is 2.25. The molecule has 0 bridgehead atoms. The van der Waals surface area contributed by atoms with Gasteiger partial charge in [0, 0.05) is 18.8 Å². The molecule has 1 amide bonds. The number of carbonyl (C=O) groups excluding carboxylic acids is 1. The molecule has 0 aliphatic carbocycles. The highest BCUT2D eigenvalue weighted by atomic mass is 32.2. The van der Waals surface area contributed by atoms with E-state index in [0.29, 0.717) is 37.7 Å². The summed E-state index contributed by atoms with van der Waals surface area (Å²) in [6.07, 6.45) is -0.707. The Balaban J connectivity index is 1.65. The molecule has 1 fully saturated rings. The van der Waals surface area contributed by atoms with Crippen LogP contribution >= 0.6 is 0 Å². The minimum Gasteiger partial charge on any atom is -0.481 e. The normalized spacial score (nSPS) is 16.1. The van der Waals surface area contributed by atoms with Crippen LogP contribution in [-0.2, 0) is 19.6 Å². The average molecular weight is 433 g/mol. The summed E-state index contributed by atoms with van der Waals surface area (Å²) in [5, 5.41) is 2.78. The van der Waals surface area contributed by atoms with Crippen molar-refractivity contribution in [2.75, 3.05) is 31.6 Å². The van der Waals surface area contributed by atoms with Crippen molar-refractivity contribution in [3.05, 3.63) is 53.1 Å². The minimum atomic E-state index is -3.56. The lowest BCUT2D eigenvalue weighted by Crippen LogP contribution is -2.40. The number of nitrogens with zero attached hydrogens (tertiary/aromatic N) is 1. The Morgan fingerprint density at radius 3 is 2.37 bits per heavy atom. The Morgan fingerprint density at radius 2 is 1.73 bits per heavy atom. The quantitative estimate of drug-likeness (QED) is 0.758. The molecule has 1 N–H and O–H groups in total. The van der Waals surface area contributed by atoms with Crippen LogP contribution in [0.1, 0.15) is 23.6 Å². The summed E-state index contributed by atoms with van der Waals surface area (Å²) in [4.78, 5) is 12.7. The molecule has 1 aliphatic heterocycles. The number of hydrogen-bond donors (Lipinski definition) is 1. The maximum atomic E-state index is 12.7. The largest absolute Gasteiger partial charge is 0.481 e. The van der Waals surface area contributed by atoms with E-state index in [9.17, 15) is 13.2 Å². The number of rotatable bonds is 6. The first kappa shape index (κ1) is 22.3. The lowest BCUT2D eigenvalue weighted by molar-refractivity contribution is -0.122. The summed E-state index contributed by atoms with van der Waals surface area (Å²) in [6.45, 7) is 9.10. The van der Waals surface area contributed by atoms with Crippen LogP contribution in [-0.4, -0.2) is 51.0 Å². The van der Waals surface area contributed by atoms with Gasteiger partial charge < -0.3 is 14.8 Å². The van der Waals surface area contributed by atoms with Gasteiger partial charge in [0.15, 0.2) is 6.10 Å². The van der Waals surface area contributed by atoms with Gasteiger partial charge in [-0.15, -0.1) is 0 Å². The van der Waals surface area contributed by atoms with E-state index in [1.54, 1.807) is 19.1 Å². The third-order valence-corrected chi connectivity index (χ3v) is 7.08. The number of ether oxygens (including phenoxy) is 2. The molecule has 1 heterocycles. The van der Waals surface area contributed by atoms with Crippen LogP contribution in [0.15, 0.2) is 41.3 Å². The summed E-state index contributed by atoms with van der Waals surface area (Å²) in [5.74, 6) is 0.374. The van der Waals surface area contributed by atoms with Crippen LogP contribution in [0.25, 0.3) is 0 Å². The summed E-state index contributed by atoms with van der Waals surface area (Å²) >= 11 is 0. The number of amides is 1. The Labute approximate surface area is 178 Å². The van der Waals surface area contributed by atoms with Crippen LogP contribution < -0.4 is 10.1 Å². The second-order valence-electron chi connectivity index (χ2n) is 7.50. The second-order valence-corrected chi connectivity index (χ2v) is 9.43. The van der Waals surface area contributed by atoms with Crippen molar-refractivity contribution in [3.8, 4) is 5.75 Å². The summed E-state index contributed by atoms with van der Waals surface area (Å²) in [6, 6.07) is 10.1. The third-order valence-electron chi connectivity index (χ3n) is 5.17. The zero-order chi connectivity index (χ0) is 21.9. The van der Waals surface area contributed by atoms with Crippen molar-refractivity contribution in [2.45, 2.75) is 38.7 Å². The fourth-order valence-corrected chi connectivity index (χ4v) is 4.67. The molecule has 7 nitrogen and oxygen atoms in total. The molecule has 30 heavy (non-hydrogen) atoms. The van der Waals surface area contributed by atoms with Gasteiger partial charge in [-0.2, -0.15) is 4.31 Å². The van der Waals surface area contributed by atoms with Crippen molar-refractivity contribution in [3.63, 3.8) is 0 Å². The van der Waals surface area contributed by atoms with E-state index in [0.717, 1.165) is 16.7 Å². The van der Waals surface area contributed by atoms with Gasteiger partial charge in [-0.1, -0.05) is 6.07 Å². The molecule has 0 aromatic heterocycles. The molecule has 2 aromatic rings. The van der Waals surface area contributed by atoms with E-state index in [-0.39, 0.29) is 10.8 Å². The monoisotopic (exact) mass is 432 g/mol. The first-order valence-corrected chi connectivity index (χ1v) is 11.4. The molecular formula is C22H28N2O5S. The number of sulfonamides is 1. The summed E-state index contributed by atoms with van der Waals surface area (Å²) in [5.41, 5.74) is 3.68. The van der Waals surface area contributed by atoms with Crippen LogP contribution in [0, 0.1) is 20.8 Å². The van der Waals surface area contributed by atoms with E-state index in [4.69, 9.17) is 9.47 Å². The van der Waals surface area contributed by atoms with E-state index in [2.05, 4.69) is 11.4 Å². The van der Waals surface area contributed by atoms with E-state index >= 15 is 0 Å².